The van der Waals surface area contributed by atoms with Gasteiger partial charge in [0.25, 0.3) is 0 Å². The molecule has 10 rings (SSSR count). The first-order valence-corrected chi connectivity index (χ1v) is 35.5. The van der Waals surface area contributed by atoms with Gasteiger partial charge in [-0.2, -0.15) is 30.5 Å². The molecule has 2 aromatic rings. The second kappa shape index (κ2) is 32.4. The molecule has 18 nitrogen and oxygen atoms in total. The lowest BCUT2D eigenvalue weighted by Gasteiger charge is -2.60. The minimum atomic E-state index is -1.20. The van der Waals surface area contributed by atoms with Crippen LogP contribution in [0.1, 0.15) is 221 Å². The highest BCUT2D eigenvalue weighted by Crippen LogP contribution is 2.63. The van der Waals surface area contributed by atoms with E-state index in [0.717, 1.165) is 87.2 Å². The number of hydrogen-bond donors (Lipinski definition) is 2. The molecule has 2 aromatic carbocycles. The first kappa shape index (κ1) is 74.6. The Labute approximate surface area is 568 Å². The van der Waals surface area contributed by atoms with E-state index < -0.39 is 68.1 Å². The van der Waals surface area contributed by atoms with E-state index in [1.54, 1.807) is 52.0 Å². The fourth-order valence-corrected chi connectivity index (χ4v) is 18.0. The summed E-state index contributed by atoms with van der Waals surface area (Å²) in [5.74, 6) is 1.79. The Balaban J connectivity index is 0.716. The summed E-state index contributed by atoms with van der Waals surface area (Å²) in [7, 11) is 0. The van der Waals surface area contributed by atoms with Gasteiger partial charge in [-0.25, -0.2) is 6.57 Å². The van der Waals surface area contributed by atoms with Gasteiger partial charge in [-0.1, -0.05) is 38.1 Å². The van der Waals surface area contributed by atoms with Gasteiger partial charge < -0.3 is 52.2 Å². The zero-order valence-corrected chi connectivity index (χ0v) is 59.0. The minimum absolute atomic E-state index is 0.0188. The Bertz CT molecular complexity index is 2760. The molecule has 8 aliphatic rings. The van der Waals surface area contributed by atoms with Gasteiger partial charge in [0, 0.05) is 40.0 Å². The number of nitriles is 1. The average molecular weight is 1340 g/mol. The predicted molar refractivity (Wildman–Crippen MR) is 358 cm³/mol. The summed E-state index contributed by atoms with van der Waals surface area (Å²) < 4.78 is 55.5. The van der Waals surface area contributed by atoms with E-state index in [-0.39, 0.29) is 102 Å². The summed E-state index contributed by atoms with van der Waals surface area (Å²) in [5.41, 5.74) is -1.32. The molecule has 8 atom stereocenters. The normalized spacial score (nSPS) is 28.5. The maximum absolute atomic E-state index is 14.4. The topological polar surface area (TPSA) is 223 Å². The fourth-order valence-electron chi connectivity index (χ4n) is 17.5. The highest BCUT2D eigenvalue weighted by molar-refractivity contribution is 7.82. The number of rotatable bonds is 37. The molecule has 8 fully saturated rings. The van der Waals surface area contributed by atoms with Crippen LogP contribution >= 0.6 is 25.3 Å². The van der Waals surface area contributed by atoms with Gasteiger partial charge in [0.1, 0.15) is 45.4 Å². The van der Waals surface area contributed by atoms with Crippen molar-refractivity contribution in [1.82, 2.24) is 0 Å². The second-order valence-corrected chi connectivity index (χ2v) is 31.4. The van der Waals surface area contributed by atoms with Crippen molar-refractivity contribution in [2.45, 2.75) is 248 Å². The molecule has 0 aromatic heterocycles. The molecule has 0 N–H and O–H groups in total. The van der Waals surface area contributed by atoms with Crippen LogP contribution in [0.4, 0.5) is 0 Å². The number of thiol groups is 2. The van der Waals surface area contributed by atoms with Crippen molar-refractivity contribution in [3.05, 3.63) is 71.1 Å². The molecule has 0 aliphatic heterocycles. The van der Waals surface area contributed by atoms with Gasteiger partial charge in [-0.15, -0.1) is 0 Å². The number of carbonyl (C=O) groups is 6. The lowest BCUT2D eigenvalue weighted by Crippen LogP contribution is -2.60. The summed E-state index contributed by atoms with van der Waals surface area (Å²) in [6.45, 7) is 26.3. The molecule has 8 saturated carbocycles. The molecule has 0 heterocycles. The van der Waals surface area contributed by atoms with Crippen LogP contribution in [-0.2, 0) is 66.7 Å². The van der Waals surface area contributed by atoms with E-state index in [2.05, 4.69) is 24.8 Å². The highest BCUT2D eigenvalue weighted by atomic mass is 32.1. The van der Waals surface area contributed by atoms with E-state index in [9.17, 15) is 34.0 Å². The molecule has 518 valence electrons. The molecular weight excluding hydrogens is 1240 g/mol. The number of hydrogen-bond acceptors (Lipinski definition) is 19. The second-order valence-electron chi connectivity index (χ2n) is 29.4. The van der Waals surface area contributed by atoms with Crippen LogP contribution in [0.15, 0.2) is 48.5 Å². The molecule has 0 amide bonds. The summed E-state index contributed by atoms with van der Waals surface area (Å²) in [5, 5.41) is 10.6. The third kappa shape index (κ3) is 19.3. The molecule has 0 saturated heterocycles. The number of nitrogens with zero attached hydrogens (tertiary/aromatic N) is 2. The molecule has 8 aliphatic carbocycles. The Morgan fingerprint density at radius 3 is 1.21 bits per heavy atom. The highest BCUT2D eigenvalue weighted by Gasteiger charge is 2.61. The number of carbonyl (C=O) groups excluding carboxylic acids is 6. The third-order valence-electron chi connectivity index (χ3n) is 22.0. The molecule has 0 radical (unpaired) electrons. The van der Waals surface area contributed by atoms with Crippen molar-refractivity contribution in [2.75, 3.05) is 39.6 Å². The van der Waals surface area contributed by atoms with Crippen LogP contribution in [-0.4, -0.2) is 114 Å². The predicted octanol–water partition coefficient (Wildman–Crippen LogP) is 14.3. The van der Waals surface area contributed by atoms with E-state index in [4.69, 9.17) is 79.2 Å². The lowest BCUT2D eigenvalue weighted by atomic mass is 9.49. The molecular formula is C74H104N2O16S2. The molecule has 94 heavy (non-hydrogen) atoms. The lowest BCUT2D eigenvalue weighted by molar-refractivity contribution is -0.213. The zero-order valence-electron chi connectivity index (χ0n) is 57.3. The van der Waals surface area contributed by atoms with Gasteiger partial charge in [0.15, 0.2) is 12.6 Å². The van der Waals surface area contributed by atoms with Crippen LogP contribution in [0, 0.1) is 70.7 Å². The van der Waals surface area contributed by atoms with Gasteiger partial charge in [-0.3, -0.25) is 28.8 Å². The van der Waals surface area contributed by atoms with Crippen LogP contribution in [0.25, 0.3) is 4.85 Å². The maximum Gasteiger partial charge on any atom is 0.322 e. The molecule has 20 heteroatoms. The van der Waals surface area contributed by atoms with Crippen LogP contribution < -0.4 is 9.47 Å². The fraction of sp³-hybridized carbons (Fsp3) is 0.730. The SMILES string of the molecule is [C-]#[N+]C(C)(CCC(=O)OCCOC(C)OCCOC(C)OCCOC(=O)CCC(C)(C#N)CC(CC(C)(S)C(=O)OC1(CC)C2CC3CC(C2)CC1C3)c1ccc(OC(C)=O)cc1)CC(CC(C)(S)C(=O)OC1(CC)C2CC3CC(C2)CC1C3)c1ccc(OC(C)=O)cc1. The van der Waals surface area contributed by atoms with Crippen molar-refractivity contribution < 1.29 is 76.1 Å². The molecule has 8 bridgehead atoms. The Morgan fingerprint density at radius 2 is 0.883 bits per heavy atom. The minimum Gasteiger partial charge on any atom is -0.463 e. The molecule has 8 unspecified atom stereocenters. The number of esters is 6. The first-order chi connectivity index (χ1) is 44.5. The first-order valence-electron chi connectivity index (χ1n) is 34.6. The van der Waals surface area contributed by atoms with Gasteiger partial charge in [0.2, 0.25) is 5.54 Å². The monoisotopic (exact) mass is 1340 g/mol. The standard InChI is InChI=1S/C74H104N2O16S2/c1-12-73(59-34-51-32-52(36-59)37-60(73)35-51)91-67(81)71(9,93)44-57(55-14-18-63(19-15-55)89-47(3)77)42-69(7,46-75)24-22-65(79)87-30-28-85-49(5)83-26-27-84-50(6)86-29-31-88-66(80)23-25-70(8,76-11)43-58(56-16-20-64(21-17-56)90-48(4)78)45-72(10,94)68(82)92-74(13-2)61-38-53-33-54(40-61)41-62(74)39-53/h14-21,49-54,57-62,93-94H,12-13,22-45H2,1-10H3. The van der Waals surface area contributed by atoms with Gasteiger partial charge in [-0.05, 0) is 232 Å². The Morgan fingerprint density at radius 1 is 0.543 bits per heavy atom. The van der Waals surface area contributed by atoms with Crippen molar-refractivity contribution in [1.29, 1.82) is 5.26 Å². The Kier molecular flexibility index (Phi) is 25.7. The average Bonchev–Trinajstić information content (AvgIpc) is 0.734. The summed E-state index contributed by atoms with van der Waals surface area (Å²) >= 11 is 10.0. The summed E-state index contributed by atoms with van der Waals surface area (Å²) in [6, 6.07) is 16.6. The maximum atomic E-state index is 14.4. The van der Waals surface area contributed by atoms with E-state index >= 15 is 0 Å². The number of benzene rings is 2. The smallest absolute Gasteiger partial charge is 0.322 e. The summed E-state index contributed by atoms with van der Waals surface area (Å²) in [4.78, 5) is 82.4. The van der Waals surface area contributed by atoms with Crippen molar-refractivity contribution in [3.8, 4) is 17.6 Å². The summed E-state index contributed by atoms with van der Waals surface area (Å²) in [6.07, 6.45) is 13.1. The van der Waals surface area contributed by atoms with Gasteiger partial charge in [0.05, 0.1) is 44.3 Å². The van der Waals surface area contributed by atoms with Crippen molar-refractivity contribution in [2.24, 2.45) is 52.8 Å². The zero-order chi connectivity index (χ0) is 68.2. The largest absolute Gasteiger partial charge is 0.463 e. The van der Waals surface area contributed by atoms with E-state index in [0.29, 0.717) is 59.8 Å². The van der Waals surface area contributed by atoms with E-state index in [1.807, 2.05) is 38.1 Å². The number of ether oxygens (including phenoxy) is 10. The van der Waals surface area contributed by atoms with Crippen LogP contribution in [0.3, 0.4) is 0 Å². The van der Waals surface area contributed by atoms with E-state index in [1.165, 1.54) is 26.7 Å². The van der Waals surface area contributed by atoms with Crippen LogP contribution in [0.2, 0.25) is 0 Å². The Hall–Kier alpha value is -5.22. The quantitative estimate of drug-likeness (QED) is 0.0122. The van der Waals surface area contributed by atoms with Gasteiger partial charge >= 0.3 is 35.8 Å². The third-order valence-corrected chi connectivity index (χ3v) is 22.7. The molecule has 0 spiro atoms. The van der Waals surface area contributed by atoms with Crippen molar-refractivity contribution in [3.63, 3.8) is 0 Å². The van der Waals surface area contributed by atoms with Crippen LogP contribution in [0.5, 0.6) is 11.5 Å². The van der Waals surface area contributed by atoms with Crippen molar-refractivity contribution >= 4 is 61.1 Å².